The van der Waals surface area contributed by atoms with Crippen LogP contribution in [-0.2, 0) is 9.47 Å². The van der Waals surface area contributed by atoms with Crippen LogP contribution in [0.15, 0.2) is 77.2 Å². The first kappa shape index (κ1) is 21.3. The molecule has 1 atom stereocenters. The molecule has 0 fully saturated rings. The van der Waals surface area contributed by atoms with E-state index in [1.165, 1.54) is 0 Å². The molecule has 3 aromatic carbocycles. The van der Waals surface area contributed by atoms with Gasteiger partial charge in [-0.3, -0.25) is 4.79 Å². The lowest BCUT2D eigenvalue weighted by atomic mass is 10.1. The molecule has 170 valence electrons. The van der Waals surface area contributed by atoms with Crippen molar-refractivity contribution in [3.05, 3.63) is 95.2 Å². The molecule has 0 saturated carbocycles. The lowest BCUT2D eigenvalue weighted by Gasteiger charge is -2.14. The molecule has 8 nitrogen and oxygen atoms in total. The molecule has 0 saturated heterocycles. The third-order valence-corrected chi connectivity index (χ3v) is 5.42. The molecule has 0 aliphatic carbocycles. The molecule has 1 unspecified atom stereocenters. The number of anilines is 2. The number of cyclic esters (lactones) is 1. The molecule has 2 N–H and O–H groups in total. The standard InChI is InChI=1S/C26H20N2O6/c1-2-32-25(30)15-11-13-16(14-12-15)27-23(29)22-21(19-9-5-6-10-20(19)33-22)28-24-17-7-3-4-8-18(17)26(31)34-24/h3-14,24,28H,2H2,1H3,(H,27,29). The van der Waals surface area contributed by atoms with E-state index < -0.39 is 24.1 Å². The molecule has 1 aromatic heterocycles. The zero-order valence-corrected chi connectivity index (χ0v) is 18.2. The molecule has 0 bridgehead atoms. The van der Waals surface area contributed by atoms with Gasteiger partial charge in [-0.05, 0) is 49.4 Å². The van der Waals surface area contributed by atoms with Crippen LogP contribution in [0.4, 0.5) is 11.4 Å². The number of carbonyl (C=O) groups is 3. The van der Waals surface area contributed by atoms with E-state index in [2.05, 4.69) is 10.6 Å². The van der Waals surface area contributed by atoms with E-state index in [1.54, 1.807) is 61.5 Å². The minimum atomic E-state index is -0.764. The maximum Gasteiger partial charge on any atom is 0.340 e. The minimum Gasteiger partial charge on any atom is -0.462 e. The lowest BCUT2D eigenvalue weighted by Crippen LogP contribution is -2.16. The van der Waals surface area contributed by atoms with E-state index in [9.17, 15) is 14.4 Å². The highest BCUT2D eigenvalue weighted by Crippen LogP contribution is 2.37. The number of nitrogens with one attached hydrogen (secondary N) is 2. The van der Waals surface area contributed by atoms with Crippen molar-refractivity contribution in [3.63, 3.8) is 0 Å². The van der Waals surface area contributed by atoms with Crippen molar-refractivity contribution in [1.82, 2.24) is 0 Å². The van der Waals surface area contributed by atoms with Crippen LogP contribution in [0.1, 0.15) is 50.0 Å². The minimum absolute atomic E-state index is 0.0381. The largest absolute Gasteiger partial charge is 0.462 e. The van der Waals surface area contributed by atoms with Gasteiger partial charge in [0.2, 0.25) is 12.0 Å². The molecule has 1 aliphatic rings. The Kier molecular flexibility index (Phi) is 5.47. The van der Waals surface area contributed by atoms with E-state index >= 15 is 0 Å². The maximum absolute atomic E-state index is 13.2. The summed E-state index contributed by atoms with van der Waals surface area (Å²) in [7, 11) is 0. The predicted molar refractivity (Wildman–Crippen MR) is 125 cm³/mol. The van der Waals surface area contributed by atoms with Crippen LogP contribution in [0, 0.1) is 0 Å². The highest BCUT2D eigenvalue weighted by molar-refractivity contribution is 6.12. The fourth-order valence-electron chi connectivity index (χ4n) is 3.82. The molecule has 0 spiro atoms. The lowest BCUT2D eigenvalue weighted by molar-refractivity contribution is 0.0436. The second-order valence-corrected chi connectivity index (χ2v) is 7.57. The van der Waals surface area contributed by atoms with Crippen molar-refractivity contribution in [2.75, 3.05) is 17.2 Å². The number of furan rings is 1. The molecule has 8 heteroatoms. The average Bonchev–Trinajstić information content (AvgIpc) is 3.38. The van der Waals surface area contributed by atoms with Crippen LogP contribution in [0.2, 0.25) is 0 Å². The van der Waals surface area contributed by atoms with Gasteiger partial charge in [0.15, 0.2) is 0 Å². The number of rotatable bonds is 6. The summed E-state index contributed by atoms with van der Waals surface area (Å²) < 4.78 is 16.3. The molecule has 2 heterocycles. The Morgan fingerprint density at radius 2 is 1.71 bits per heavy atom. The summed E-state index contributed by atoms with van der Waals surface area (Å²) in [6.07, 6.45) is -0.764. The van der Waals surface area contributed by atoms with Gasteiger partial charge in [0.05, 0.1) is 23.4 Å². The van der Waals surface area contributed by atoms with Crippen molar-refractivity contribution in [2.24, 2.45) is 0 Å². The molecule has 1 aliphatic heterocycles. The number of amides is 1. The van der Waals surface area contributed by atoms with E-state index in [0.29, 0.717) is 39.0 Å². The fraction of sp³-hybridized carbons (Fsp3) is 0.115. The van der Waals surface area contributed by atoms with Gasteiger partial charge in [0.25, 0.3) is 5.91 Å². The number of ether oxygens (including phenoxy) is 2. The molecule has 5 rings (SSSR count). The fourth-order valence-corrected chi connectivity index (χ4v) is 3.82. The number of carbonyl (C=O) groups excluding carboxylic acids is 3. The highest BCUT2D eigenvalue weighted by Gasteiger charge is 2.33. The van der Waals surface area contributed by atoms with Crippen LogP contribution >= 0.6 is 0 Å². The molecule has 34 heavy (non-hydrogen) atoms. The number of hydrogen-bond donors (Lipinski definition) is 2. The topological polar surface area (TPSA) is 107 Å². The summed E-state index contributed by atoms with van der Waals surface area (Å²) >= 11 is 0. The first-order valence-electron chi connectivity index (χ1n) is 10.7. The van der Waals surface area contributed by atoms with Crippen molar-refractivity contribution in [3.8, 4) is 0 Å². The van der Waals surface area contributed by atoms with Crippen LogP contribution in [0.5, 0.6) is 0 Å². The van der Waals surface area contributed by atoms with Crippen LogP contribution in [0.25, 0.3) is 11.0 Å². The number of fused-ring (bicyclic) bond motifs is 2. The van der Waals surface area contributed by atoms with E-state index in [1.807, 2.05) is 18.2 Å². The Morgan fingerprint density at radius 3 is 2.50 bits per heavy atom. The quantitative estimate of drug-likeness (QED) is 0.387. The van der Waals surface area contributed by atoms with Gasteiger partial charge in [0.1, 0.15) is 5.58 Å². The molecule has 4 aromatic rings. The summed E-state index contributed by atoms with van der Waals surface area (Å²) in [5.41, 5.74) is 2.92. The third kappa shape index (κ3) is 3.86. The van der Waals surface area contributed by atoms with E-state index in [4.69, 9.17) is 13.9 Å². The first-order chi connectivity index (χ1) is 16.5. The van der Waals surface area contributed by atoms with Crippen molar-refractivity contribution in [2.45, 2.75) is 13.2 Å². The zero-order chi connectivity index (χ0) is 23.7. The number of esters is 2. The predicted octanol–water partition coefficient (Wildman–Crippen LogP) is 5.14. The Labute approximate surface area is 194 Å². The van der Waals surface area contributed by atoms with Gasteiger partial charge in [-0.2, -0.15) is 0 Å². The summed E-state index contributed by atoms with van der Waals surface area (Å²) in [5, 5.41) is 6.62. The van der Waals surface area contributed by atoms with Gasteiger partial charge in [-0.1, -0.05) is 30.3 Å². The second-order valence-electron chi connectivity index (χ2n) is 7.57. The Bertz CT molecular complexity index is 1410. The Balaban J connectivity index is 1.44. The monoisotopic (exact) mass is 456 g/mol. The normalized spacial score (nSPS) is 14.4. The number of para-hydroxylation sites is 1. The Hall–Kier alpha value is -4.59. The SMILES string of the molecule is CCOC(=O)c1ccc(NC(=O)c2oc3ccccc3c2NC2OC(=O)c3ccccc32)cc1. The second kappa shape index (κ2) is 8.74. The summed E-state index contributed by atoms with van der Waals surface area (Å²) in [6.45, 7) is 2.01. The highest BCUT2D eigenvalue weighted by atomic mass is 16.6. The molecule has 0 radical (unpaired) electrons. The smallest absolute Gasteiger partial charge is 0.340 e. The van der Waals surface area contributed by atoms with E-state index in [0.717, 1.165) is 0 Å². The summed E-state index contributed by atoms with van der Waals surface area (Å²) in [6, 6.07) is 20.6. The van der Waals surface area contributed by atoms with Crippen LogP contribution < -0.4 is 10.6 Å². The number of hydrogen-bond acceptors (Lipinski definition) is 7. The van der Waals surface area contributed by atoms with Crippen molar-refractivity contribution in [1.29, 1.82) is 0 Å². The molecule has 1 amide bonds. The van der Waals surface area contributed by atoms with Crippen LogP contribution in [-0.4, -0.2) is 24.5 Å². The van der Waals surface area contributed by atoms with Crippen LogP contribution in [0.3, 0.4) is 0 Å². The van der Waals surface area contributed by atoms with E-state index in [-0.39, 0.29) is 12.4 Å². The van der Waals surface area contributed by atoms with Gasteiger partial charge in [-0.15, -0.1) is 0 Å². The van der Waals surface area contributed by atoms with Crippen molar-refractivity contribution >= 4 is 40.2 Å². The average molecular weight is 456 g/mol. The third-order valence-electron chi connectivity index (χ3n) is 5.42. The van der Waals surface area contributed by atoms with Crippen molar-refractivity contribution < 1.29 is 28.3 Å². The zero-order valence-electron chi connectivity index (χ0n) is 18.2. The number of benzene rings is 3. The van der Waals surface area contributed by atoms with Gasteiger partial charge < -0.3 is 24.5 Å². The maximum atomic E-state index is 13.2. The summed E-state index contributed by atoms with van der Waals surface area (Å²) in [5.74, 6) is -1.33. The van der Waals surface area contributed by atoms with Gasteiger partial charge >= 0.3 is 11.9 Å². The van der Waals surface area contributed by atoms with Gasteiger partial charge in [-0.25, -0.2) is 9.59 Å². The van der Waals surface area contributed by atoms with Gasteiger partial charge in [0, 0.05) is 16.6 Å². The Morgan fingerprint density at radius 1 is 0.971 bits per heavy atom. The molecular formula is C26H20N2O6. The first-order valence-corrected chi connectivity index (χ1v) is 10.7. The summed E-state index contributed by atoms with van der Waals surface area (Å²) in [4.78, 5) is 37.3. The molecular weight excluding hydrogens is 436 g/mol.